The molecule has 2 aromatic carbocycles. The van der Waals surface area contributed by atoms with E-state index in [1.54, 1.807) is 12.4 Å². The number of hydrogen-bond acceptors (Lipinski definition) is 4. The summed E-state index contributed by atoms with van der Waals surface area (Å²) in [5.41, 5.74) is 4.03. The Labute approximate surface area is 165 Å². The highest BCUT2D eigenvalue weighted by Gasteiger charge is 2.23. The molecule has 1 amide bonds. The maximum absolute atomic E-state index is 12.4. The third kappa shape index (κ3) is 4.43. The summed E-state index contributed by atoms with van der Waals surface area (Å²) in [5.74, 6) is 0.570. The van der Waals surface area contributed by atoms with Crippen molar-refractivity contribution in [3.05, 3.63) is 84.4 Å². The Hall–Kier alpha value is -3.05. The Kier molecular flexibility index (Phi) is 5.73. The first-order valence-corrected chi connectivity index (χ1v) is 9.70. The summed E-state index contributed by atoms with van der Waals surface area (Å²) in [4.78, 5) is 22.9. The molecule has 1 saturated heterocycles. The number of nitrogens with one attached hydrogen (secondary N) is 1. The van der Waals surface area contributed by atoms with E-state index in [0.717, 1.165) is 30.8 Å². The van der Waals surface area contributed by atoms with Crippen LogP contribution in [0.25, 0.3) is 11.1 Å². The smallest absolute Gasteiger partial charge is 0.251 e. The number of aromatic nitrogens is 2. The van der Waals surface area contributed by atoms with Crippen molar-refractivity contribution in [3.63, 3.8) is 0 Å². The van der Waals surface area contributed by atoms with Gasteiger partial charge in [0.25, 0.3) is 5.91 Å². The molecule has 0 bridgehead atoms. The van der Waals surface area contributed by atoms with Crippen LogP contribution >= 0.6 is 0 Å². The van der Waals surface area contributed by atoms with Gasteiger partial charge in [-0.3, -0.25) is 4.79 Å². The van der Waals surface area contributed by atoms with Gasteiger partial charge in [-0.2, -0.15) is 0 Å². The van der Waals surface area contributed by atoms with Gasteiger partial charge in [0.05, 0.1) is 0 Å². The van der Waals surface area contributed by atoms with Gasteiger partial charge in [0.1, 0.15) is 6.33 Å². The molecule has 3 aromatic rings. The molecule has 1 aromatic heterocycles. The number of rotatable bonds is 6. The number of amides is 1. The van der Waals surface area contributed by atoms with Crippen LogP contribution < -0.4 is 5.32 Å². The second-order valence-electron chi connectivity index (χ2n) is 7.16. The van der Waals surface area contributed by atoms with Crippen LogP contribution in [0.3, 0.4) is 0 Å². The normalized spacial score (nSPS) is 16.8. The minimum absolute atomic E-state index is 0.0327. The van der Waals surface area contributed by atoms with Crippen molar-refractivity contribution in [2.75, 3.05) is 26.2 Å². The molecule has 1 aliphatic heterocycles. The van der Waals surface area contributed by atoms with Crippen LogP contribution in [-0.2, 0) is 0 Å². The SMILES string of the molecule is O=C(NCCN1CC[C@@H](c2ccccc2)C1)c1ccc(-c2cncnc2)cc1. The maximum atomic E-state index is 12.4. The summed E-state index contributed by atoms with van der Waals surface area (Å²) >= 11 is 0. The average Bonchev–Trinajstić information content (AvgIpc) is 3.24. The Morgan fingerprint density at radius 2 is 1.75 bits per heavy atom. The van der Waals surface area contributed by atoms with E-state index in [1.807, 2.05) is 24.3 Å². The van der Waals surface area contributed by atoms with Crippen molar-refractivity contribution < 1.29 is 4.79 Å². The third-order valence-electron chi connectivity index (χ3n) is 5.30. The highest BCUT2D eigenvalue weighted by molar-refractivity contribution is 5.94. The topological polar surface area (TPSA) is 58.1 Å². The van der Waals surface area contributed by atoms with E-state index in [-0.39, 0.29) is 5.91 Å². The molecule has 0 aliphatic carbocycles. The molecule has 28 heavy (non-hydrogen) atoms. The lowest BCUT2D eigenvalue weighted by Gasteiger charge is -2.16. The van der Waals surface area contributed by atoms with E-state index in [4.69, 9.17) is 0 Å². The second-order valence-corrected chi connectivity index (χ2v) is 7.16. The van der Waals surface area contributed by atoms with Gasteiger partial charge in [0, 0.05) is 43.2 Å². The van der Waals surface area contributed by atoms with Crippen molar-refractivity contribution in [2.45, 2.75) is 12.3 Å². The van der Waals surface area contributed by atoms with Gasteiger partial charge in [0.15, 0.2) is 0 Å². The molecule has 5 heteroatoms. The summed E-state index contributed by atoms with van der Waals surface area (Å²) in [6.45, 7) is 3.69. The number of carbonyl (C=O) groups is 1. The molecule has 142 valence electrons. The van der Waals surface area contributed by atoms with Gasteiger partial charge in [-0.15, -0.1) is 0 Å². The van der Waals surface area contributed by atoms with Crippen molar-refractivity contribution in [1.82, 2.24) is 20.2 Å². The van der Waals surface area contributed by atoms with Gasteiger partial charge in [-0.1, -0.05) is 42.5 Å². The molecule has 1 atom stereocenters. The van der Waals surface area contributed by atoms with E-state index >= 15 is 0 Å². The maximum Gasteiger partial charge on any atom is 0.251 e. The fourth-order valence-electron chi connectivity index (χ4n) is 3.72. The highest BCUT2D eigenvalue weighted by atomic mass is 16.1. The molecule has 0 spiro atoms. The number of benzene rings is 2. The molecule has 2 heterocycles. The Bertz CT molecular complexity index is 897. The largest absolute Gasteiger partial charge is 0.351 e. The average molecular weight is 372 g/mol. The van der Waals surface area contributed by atoms with E-state index in [0.29, 0.717) is 18.0 Å². The van der Waals surface area contributed by atoms with Crippen LogP contribution in [0.2, 0.25) is 0 Å². The fraction of sp³-hybridized carbons (Fsp3) is 0.261. The zero-order valence-corrected chi connectivity index (χ0v) is 15.8. The van der Waals surface area contributed by atoms with Gasteiger partial charge in [-0.25, -0.2) is 9.97 Å². The first kappa shape index (κ1) is 18.3. The quantitative estimate of drug-likeness (QED) is 0.721. The van der Waals surface area contributed by atoms with Crippen LogP contribution in [0, 0.1) is 0 Å². The minimum atomic E-state index is -0.0327. The molecule has 0 radical (unpaired) electrons. The van der Waals surface area contributed by atoms with Crippen molar-refractivity contribution >= 4 is 5.91 Å². The molecule has 1 aliphatic rings. The summed E-state index contributed by atoms with van der Waals surface area (Å²) in [5, 5.41) is 3.03. The van der Waals surface area contributed by atoms with Crippen molar-refractivity contribution in [3.8, 4) is 11.1 Å². The predicted octanol–water partition coefficient (Wildman–Crippen LogP) is 3.36. The molecule has 5 nitrogen and oxygen atoms in total. The summed E-state index contributed by atoms with van der Waals surface area (Å²) in [6, 6.07) is 18.2. The summed E-state index contributed by atoms with van der Waals surface area (Å²) in [6.07, 6.45) is 6.22. The van der Waals surface area contributed by atoms with Crippen LogP contribution in [-0.4, -0.2) is 47.0 Å². The molecule has 0 unspecified atom stereocenters. The number of carbonyl (C=O) groups excluding carboxylic acids is 1. The number of nitrogens with zero attached hydrogens (tertiary/aromatic N) is 3. The lowest BCUT2D eigenvalue weighted by molar-refractivity contribution is 0.0949. The number of likely N-dealkylation sites (tertiary alicyclic amines) is 1. The van der Waals surface area contributed by atoms with Gasteiger partial charge < -0.3 is 10.2 Å². The van der Waals surface area contributed by atoms with Gasteiger partial charge in [-0.05, 0) is 42.1 Å². The van der Waals surface area contributed by atoms with E-state index < -0.39 is 0 Å². The van der Waals surface area contributed by atoms with Crippen LogP contribution in [0.4, 0.5) is 0 Å². The molecule has 1 fully saturated rings. The zero-order chi connectivity index (χ0) is 19.2. The summed E-state index contributed by atoms with van der Waals surface area (Å²) in [7, 11) is 0. The first-order valence-electron chi connectivity index (χ1n) is 9.70. The summed E-state index contributed by atoms with van der Waals surface area (Å²) < 4.78 is 0. The molecular weight excluding hydrogens is 348 g/mol. The van der Waals surface area contributed by atoms with Crippen molar-refractivity contribution in [1.29, 1.82) is 0 Å². The van der Waals surface area contributed by atoms with E-state index in [9.17, 15) is 4.79 Å². The second kappa shape index (κ2) is 8.76. The van der Waals surface area contributed by atoms with Gasteiger partial charge >= 0.3 is 0 Å². The van der Waals surface area contributed by atoms with Gasteiger partial charge in [0.2, 0.25) is 0 Å². The third-order valence-corrected chi connectivity index (χ3v) is 5.30. The Morgan fingerprint density at radius 1 is 1.00 bits per heavy atom. The first-order chi connectivity index (χ1) is 13.8. The van der Waals surface area contributed by atoms with E-state index in [1.165, 1.54) is 18.3 Å². The number of hydrogen-bond donors (Lipinski definition) is 1. The minimum Gasteiger partial charge on any atom is -0.351 e. The van der Waals surface area contributed by atoms with Crippen molar-refractivity contribution in [2.24, 2.45) is 0 Å². The fourth-order valence-corrected chi connectivity index (χ4v) is 3.72. The Morgan fingerprint density at radius 3 is 2.50 bits per heavy atom. The molecule has 0 saturated carbocycles. The molecule has 4 rings (SSSR count). The molecular formula is C23H24N4O. The standard InChI is InChI=1S/C23H24N4O/c28-23(20-8-6-19(7-9-20)22-14-24-17-25-15-22)26-11-13-27-12-10-21(16-27)18-4-2-1-3-5-18/h1-9,14-15,17,21H,10-13,16H2,(H,26,28)/t21-/m1/s1. The predicted molar refractivity (Wildman–Crippen MR) is 110 cm³/mol. The Balaban J connectivity index is 1.25. The molecule has 1 N–H and O–H groups in total. The highest BCUT2D eigenvalue weighted by Crippen LogP contribution is 2.26. The van der Waals surface area contributed by atoms with E-state index in [2.05, 4.69) is 50.5 Å². The van der Waals surface area contributed by atoms with Crippen LogP contribution in [0.15, 0.2) is 73.3 Å². The monoisotopic (exact) mass is 372 g/mol. The lowest BCUT2D eigenvalue weighted by Crippen LogP contribution is -2.33. The van der Waals surface area contributed by atoms with Crippen LogP contribution in [0.5, 0.6) is 0 Å². The van der Waals surface area contributed by atoms with Crippen LogP contribution in [0.1, 0.15) is 28.3 Å². The zero-order valence-electron chi connectivity index (χ0n) is 15.8. The lowest BCUT2D eigenvalue weighted by atomic mass is 9.99.